The molecule has 186 valence electrons. The third kappa shape index (κ3) is 5.32. The molecule has 8 nitrogen and oxygen atoms in total. The van der Waals surface area contributed by atoms with Gasteiger partial charge in [-0.3, -0.25) is 4.79 Å². The summed E-state index contributed by atoms with van der Waals surface area (Å²) in [5.74, 6) is -2.00. The molecule has 2 unspecified atom stereocenters. The van der Waals surface area contributed by atoms with Crippen molar-refractivity contribution in [1.29, 1.82) is 0 Å². The number of nitrogens with one attached hydrogen (secondary N) is 2. The zero-order valence-corrected chi connectivity index (χ0v) is 20.1. The van der Waals surface area contributed by atoms with Gasteiger partial charge in [-0.25, -0.2) is 9.59 Å². The number of fused-ring (bicyclic) bond motifs is 3. The number of alkyl carbamates (subject to hydrolysis) is 1. The molecule has 1 aliphatic carbocycles. The molecule has 1 heterocycles. The molecule has 3 N–H and O–H groups in total. The quantitative estimate of drug-likeness (QED) is 0.506. The Balaban J connectivity index is 1.36. The summed E-state index contributed by atoms with van der Waals surface area (Å²) in [6, 6.07) is 16.2. The second-order valence-electron chi connectivity index (χ2n) is 9.71. The summed E-state index contributed by atoms with van der Waals surface area (Å²) in [4.78, 5) is 37.3. The summed E-state index contributed by atoms with van der Waals surface area (Å²) in [5, 5.41) is 15.0. The van der Waals surface area contributed by atoms with Crippen LogP contribution in [0.4, 0.5) is 4.79 Å². The lowest BCUT2D eigenvalue weighted by molar-refractivity contribution is -0.148. The zero-order chi connectivity index (χ0) is 25.0. The topological polar surface area (TPSA) is 114 Å². The number of carboxylic acid groups (broad SMARTS) is 1. The van der Waals surface area contributed by atoms with E-state index in [4.69, 9.17) is 9.47 Å². The van der Waals surface area contributed by atoms with Gasteiger partial charge in [-0.1, -0.05) is 62.4 Å². The van der Waals surface area contributed by atoms with E-state index in [-0.39, 0.29) is 44.6 Å². The fourth-order valence-electron chi connectivity index (χ4n) is 4.93. The monoisotopic (exact) mass is 480 g/mol. The number of carbonyl (C=O) groups is 3. The molecule has 2 aromatic carbocycles. The van der Waals surface area contributed by atoms with Gasteiger partial charge in [0, 0.05) is 25.5 Å². The number of benzene rings is 2. The minimum Gasteiger partial charge on any atom is -0.479 e. The fourth-order valence-corrected chi connectivity index (χ4v) is 4.93. The highest BCUT2D eigenvalue weighted by molar-refractivity contribution is 5.89. The average Bonchev–Trinajstić information content (AvgIpc) is 3.44. The molecule has 0 bridgehead atoms. The van der Waals surface area contributed by atoms with E-state index in [1.165, 1.54) is 0 Å². The number of hydrogen-bond acceptors (Lipinski definition) is 5. The van der Waals surface area contributed by atoms with Crippen LogP contribution in [0.3, 0.4) is 0 Å². The molecule has 4 rings (SSSR count). The Bertz CT molecular complexity index is 1050. The molecule has 2 amide bonds. The highest BCUT2D eigenvalue weighted by Crippen LogP contribution is 2.44. The molecule has 0 spiro atoms. The van der Waals surface area contributed by atoms with Gasteiger partial charge in [-0.05, 0) is 34.6 Å². The summed E-state index contributed by atoms with van der Waals surface area (Å²) < 4.78 is 10.8. The van der Waals surface area contributed by atoms with Crippen molar-refractivity contribution in [2.75, 3.05) is 26.4 Å². The molecule has 1 saturated heterocycles. The van der Waals surface area contributed by atoms with E-state index in [0.29, 0.717) is 6.42 Å². The molecule has 8 heteroatoms. The molecule has 2 atom stereocenters. The van der Waals surface area contributed by atoms with E-state index in [1.807, 2.05) is 38.1 Å². The van der Waals surface area contributed by atoms with Crippen molar-refractivity contribution < 1.29 is 29.0 Å². The zero-order valence-electron chi connectivity index (χ0n) is 20.1. The molecule has 1 aliphatic heterocycles. The fraction of sp³-hybridized carbons (Fsp3) is 0.444. The van der Waals surface area contributed by atoms with Crippen molar-refractivity contribution in [3.63, 3.8) is 0 Å². The van der Waals surface area contributed by atoms with E-state index in [1.54, 1.807) is 0 Å². The van der Waals surface area contributed by atoms with Gasteiger partial charge in [0.2, 0.25) is 5.91 Å². The minimum atomic E-state index is -1.42. The Morgan fingerprint density at radius 2 is 1.71 bits per heavy atom. The van der Waals surface area contributed by atoms with Crippen molar-refractivity contribution in [3.05, 3.63) is 59.7 Å². The van der Waals surface area contributed by atoms with Crippen LogP contribution in [-0.4, -0.2) is 55.0 Å². The number of rotatable bonds is 9. The van der Waals surface area contributed by atoms with Gasteiger partial charge in [0.05, 0.1) is 12.5 Å². The maximum absolute atomic E-state index is 13.0. The molecule has 2 aliphatic rings. The first-order valence-corrected chi connectivity index (χ1v) is 12.0. The van der Waals surface area contributed by atoms with Gasteiger partial charge < -0.3 is 25.2 Å². The first-order valence-electron chi connectivity index (χ1n) is 12.0. The van der Waals surface area contributed by atoms with E-state index in [2.05, 4.69) is 34.9 Å². The SMILES string of the molecule is CC(C)CC(CNC(=O)OCC1c2ccccc2-c2ccccc21)C(=O)NC1(C(=O)O)CCOC1. The predicted octanol–water partition coefficient (Wildman–Crippen LogP) is 3.55. The van der Waals surface area contributed by atoms with Crippen LogP contribution in [0.25, 0.3) is 11.1 Å². The smallest absolute Gasteiger partial charge is 0.407 e. The molecule has 35 heavy (non-hydrogen) atoms. The first-order chi connectivity index (χ1) is 16.8. The summed E-state index contributed by atoms with van der Waals surface area (Å²) >= 11 is 0. The summed E-state index contributed by atoms with van der Waals surface area (Å²) in [6.45, 7) is 4.39. The Morgan fingerprint density at radius 3 is 2.26 bits per heavy atom. The number of carbonyl (C=O) groups excluding carboxylic acids is 2. The van der Waals surface area contributed by atoms with Crippen molar-refractivity contribution in [2.24, 2.45) is 11.8 Å². The first kappa shape index (κ1) is 24.7. The van der Waals surface area contributed by atoms with Crippen LogP contribution >= 0.6 is 0 Å². The van der Waals surface area contributed by atoms with E-state index >= 15 is 0 Å². The number of carboxylic acids is 1. The largest absolute Gasteiger partial charge is 0.479 e. The standard InChI is InChI=1S/C27H32N2O6/c1-17(2)13-18(24(30)29-27(25(31)32)11-12-34-16-27)14-28-26(33)35-15-23-21-9-5-3-7-19(21)20-8-4-6-10-22(20)23/h3-10,17-18,23H,11-16H2,1-2H3,(H,28,33)(H,29,30)(H,31,32). The molecule has 0 saturated carbocycles. The molecule has 0 aromatic heterocycles. The lowest BCUT2D eigenvalue weighted by Gasteiger charge is -2.27. The van der Waals surface area contributed by atoms with Crippen LogP contribution in [-0.2, 0) is 19.1 Å². The number of aliphatic carboxylic acids is 1. The number of hydrogen-bond donors (Lipinski definition) is 3. The van der Waals surface area contributed by atoms with Crippen LogP contribution < -0.4 is 10.6 Å². The lowest BCUT2D eigenvalue weighted by atomic mass is 9.93. The maximum Gasteiger partial charge on any atom is 0.407 e. The van der Waals surface area contributed by atoms with Gasteiger partial charge in [-0.15, -0.1) is 0 Å². The molecule has 2 aromatic rings. The van der Waals surface area contributed by atoms with E-state index in [0.717, 1.165) is 22.3 Å². The highest BCUT2D eigenvalue weighted by Gasteiger charge is 2.45. The Labute approximate surface area is 205 Å². The second kappa shape index (κ2) is 10.5. The minimum absolute atomic E-state index is 0.0528. The lowest BCUT2D eigenvalue weighted by Crippen LogP contribution is -2.57. The Morgan fingerprint density at radius 1 is 1.09 bits per heavy atom. The molecule has 1 fully saturated rings. The highest BCUT2D eigenvalue weighted by atomic mass is 16.5. The van der Waals surface area contributed by atoms with Gasteiger partial charge in [-0.2, -0.15) is 0 Å². The van der Waals surface area contributed by atoms with E-state index < -0.39 is 29.4 Å². The van der Waals surface area contributed by atoms with Crippen LogP contribution in [0.5, 0.6) is 0 Å². The predicted molar refractivity (Wildman–Crippen MR) is 130 cm³/mol. The third-order valence-corrected chi connectivity index (χ3v) is 6.76. The Hall–Kier alpha value is -3.39. The van der Waals surface area contributed by atoms with Crippen molar-refractivity contribution >= 4 is 18.0 Å². The van der Waals surface area contributed by atoms with Crippen LogP contribution in [0.2, 0.25) is 0 Å². The van der Waals surface area contributed by atoms with Crippen LogP contribution in [0.1, 0.15) is 43.7 Å². The molecular weight excluding hydrogens is 448 g/mol. The normalized spacial score (nSPS) is 19.6. The Kier molecular flexibility index (Phi) is 7.40. The summed E-state index contributed by atoms with van der Waals surface area (Å²) in [6.07, 6.45) is 0.0967. The van der Waals surface area contributed by atoms with Crippen molar-refractivity contribution in [3.8, 4) is 11.1 Å². The second-order valence-corrected chi connectivity index (χ2v) is 9.71. The number of ether oxygens (including phenoxy) is 2. The molecule has 0 radical (unpaired) electrons. The summed E-state index contributed by atoms with van der Waals surface area (Å²) in [5.41, 5.74) is 3.12. The molecular formula is C27H32N2O6. The average molecular weight is 481 g/mol. The van der Waals surface area contributed by atoms with Gasteiger partial charge >= 0.3 is 12.1 Å². The van der Waals surface area contributed by atoms with Gasteiger partial charge in [0.25, 0.3) is 0 Å². The van der Waals surface area contributed by atoms with Crippen LogP contribution in [0.15, 0.2) is 48.5 Å². The van der Waals surface area contributed by atoms with Crippen molar-refractivity contribution in [1.82, 2.24) is 10.6 Å². The third-order valence-electron chi connectivity index (χ3n) is 6.76. The number of amides is 2. The van der Waals surface area contributed by atoms with E-state index in [9.17, 15) is 19.5 Å². The van der Waals surface area contributed by atoms with Crippen LogP contribution in [0, 0.1) is 11.8 Å². The van der Waals surface area contributed by atoms with Crippen molar-refractivity contribution in [2.45, 2.75) is 38.1 Å². The summed E-state index contributed by atoms with van der Waals surface area (Å²) in [7, 11) is 0. The van der Waals surface area contributed by atoms with Gasteiger partial charge in [0.1, 0.15) is 6.61 Å². The maximum atomic E-state index is 13.0. The van der Waals surface area contributed by atoms with Gasteiger partial charge in [0.15, 0.2) is 5.54 Å².